The van der Waals surface area contributed by atoms with Crippen molar-refractivity contribution in [2.24, 2.45) is 5.41 Å². The van der Waals surface area contributed by atoms with E-state index in [4.69, 9.17) is 16.3 Å². The van der Waals surface area contributed by atoms with Crippen molar-refractivity contribution in [2.75, 3.05) is 5.32 Å². The lowest BCUT2D eigenvalue weighted by molar-refractivity contribution is 0.0819. The Kier molecular flexibility index (Phi) is 7.63. The van der Waals surface area contributed by atoms with E-state index in [0.717, 1.165) is 16.8 Å². The molecule has 0 amide bonds. The Morgan fingerprint density at radius 2 is 2.03 bits per heavy atom. The Labute approximate surface area is 213 Å². The predicted octanol–water partition coefficient (Wildman–Crippen LogP) is 8.83. The summed E-state index contributed by atoms with van der Waals surface area (Å²) >= 11 is 5.98. The van der Waals surface area contributed by atoms with Crippen LogP contribution >= 0.6 is 11.6 Å². The van der Waals surface area contributed by atoms with Crippen molar-refractivity contribution in [2.45, 2.75) is 66.7 Å². The van der Waals surface area contributed by atoms with Crippen LogP contribution in [-0.2, 0) is 11.3 Å². The van der Waals surface area contributed by atoms with Gasteiger partial charge in [-0.15, -0.1) is 0 Å². The Morgan fingerprint density at radius 1 is 1.23 bits per heavy atom. The second-order valence-electron chi connectivity index (χ2n) is 10.2. The molecule has 1 atom stereocenters. The average Bonchev–Trinajstić information content (AvgIpc) is 2.80. The lowest BCUT2D eigenvalue weighted by Crippen LogP contribution is -2.26. The summed E-state index contributed by atoms with van der Waals surface area (Å²) in [5.41, 5.74) is 7.57. The smallest absolute Gasteiger partial charge is 0.151 e. The molecule has 5 heteroatoms. The number of nitrogens with zero attached hydrogens (tertiary/aromatic N) is 1. The molecule has 2 aliphatic rings. The fourth-order valence-corrected chi connectivity index (χ4v) is 5.10. The fraction of sp³-hybridized carbons (Fsp3) is 0.367. The van der Waals surface area contributed by atoms with Gasteiger partial charge in [0.2, 0.25) is 0 Å². The first-order valence-corrected chi connectivity index (χ1v) is 12.6. The highest BCUT2D eigenvalue weighted by molar-refractivity contribution is 6.31. The van der Waals surface area contributed by atoms with Crippen LogP contribution < -0.4 is 5.32 Å². The number of halogens is 2. The van der Waals surface area contributed by atoms with Crippen LogP contribution in [0.5, 0.6) is 0 Å². The predicted molar refractivity (Wildman–Crippen MR) is 145 cm³/mol. The van der Waals surface area contributed by atoms with Gasteiger partial charge in [0.1, 0.15) is 6.23 Å². The number of aromatic nitrogens is 1. The fourth-order valence-electron chi connectivity index (χ4n) is 4.94. The summed E-state index contributed by atoms with van der Waals surface area (Å²) in [4.78, 5) is 4.37. The monoisotopic (exact) mass is 492 g/mol. The molecule has 0 fully saturated rings. The Balaban J connectivity index is 1.43. The van der Waals surface area contributed by atoms with Crippen molar-refractivity contribution in [1.82, 2.24) is 4.98 Å². The van der Waals surface area contributed by atoms with Crippen molar-refractivity contribution in [3.05, 3.63) is 93.5 Å². The zero-order valence-corrected chi connectivity index (χ0v) is 22.0. The van der Waals surface area contributed by atoms with E-state index in [9.17, 15) is 4.39 Å². The van der Waals surface area contributed by atoms with Crippen LogP contribution in [0.4, 0.5) is 10.1 Å². The minimum absolute atomic E-state index is 0.0863. The van der Waals surface area contributed by atoms with E-state index in [0.29, 0.717) is 10.9 Å². The molecule has 0 bridgehead atoms. The molecule has 2 heterocycles. The third-order valence-electron chi connectivity index (χ3n) is 6.93. The average molecular weight is 493 g/mol. The zero-order valence-electron chi connectivity index (χ0n) is 21.2. The van der Waals surface area contributed by atoms with Crippen molar-refractivity contribution in [3.8, 4) is 0 Å². The van der Waals surface area contributed by atoms with Gasteiger partial charge in [-0.25, -0.2) is 4.39 Å². The standard InChI is InChI=1S/C30H34ClFN2O/c1-19(11-12-23-21(3)10-7-15-30(23,4)5)8-6-9-20(2)16-27-34-26-17-33-25-14-13-24(31)29(32)28(25)22(26)18-35-27/h6,8-9,11-14,16-17,27,34H,7,10,15,18H2,1-5H3. The first-order chi connectivity index (χ1) is 16.7. The lowest BCUT2D eigenvalue weighted by Gasteiger charge is -2.32. The van der Waals surface area contributed by atoms with Crippen LogP contribution in [0.2, 0.25) is 5.02 Å². The maximum atomic E-state index is 14.6. The number of rotatable bonds is 5. The number of fused-ring (bicyclic) bond motifs is 3. The zero-order chi connectivity index (χ0) is 25.2. The molecule has 1 aliphatic carbocycles. The van der Waals surface area contributed by atoms with Crippen LogP contribution in [0.15, 0.2) is 77.1 Å². The maximum Gasteiger partial charge on any atom is 0.151 e. The molecule has 1 N–H and O–H groups in total. The van der Waals surface area contributed by atoms with Gasteiger partial charge >= 0.3 is 0 Å². The van der Waals surface area contributed by atoms with Gasteiger partial charge in [-0.1, -0.05) is 72.5 Å². The van der Waals surface area contributed by atoms with Crippen LogP contribution in [0.25, 0.3) is 10.9 Å². The van der Waals surface area contributed by atoms with Crippen molar-refractivity contribution in [1.29, 1.82) is 0 Å². The summed E-state index contributed by atoms with van der Waals surface area (Å²) in [6, 6.07) is 3.25. The van der Waals surface area contributed by atoms with Crippen LogP contribution in [0, 0.1) is 11.2 Å². The highest BCUT2D eigenvalue weighted by Gasteiger charge is 2.26. The molecule has 184 valence electrons. The first kappa shape index (κ1) is 25.4. The third-order valence-corrected chi connectivity index (χ3v) is 7.22. The highest BCUT2D eigenvalue weighted by atomic mass is 35.5. The second kappa shape index (κ2) is 10.5. The van der Waals surface area contributed by atoms with E-state index in [2.05, 4.69) is 68.4 Å². The van der Waals surface area contributed by atoms with Gasteiger partial charge in [0.05, 0.1) is 29.0 Å². The molecule has 1 unspecified atom stereocenters. The van der Waals surface area contributed by atoms with Gasteiger partial charge in [0.15, 0.2) is 5.82 Å². The summed E-state index contributed by atoms with van der Waals surface area (Å²) in [5, 5.41) is 3.80. The number of pyridine rings is 1. The number of anilines is 1. The number of nitrogens with one attached hydrogen (secondary N) is 1. The maximum absolute atomic E-state index is 14.6. The molecular weight excluding hydrogens is 459 g/mol. The number of benzene rings is 1. The molecule has 2 aromatic rings. The molecule has 35 heavy (non-hydrogen) atoms. The lowest BCUT2D eigenvalue weighted by atomic mass is 9.72. The topological polar surface area (TPSA) is 34.2 Å². The van der Waals surface area contributed by atoms with Crippen molar-refractivity contribution in [3.63, 3.8) is 0 Å². The van der Waals surface area contributed by atoms with Crippen LogP contribution in [-0.4, -0.2) is 11.2 Å². The van der Waals surface area contributed by atoms with Crippen molar-refractivity contribution < 1.29 is 9.13 Å². The number of ether oxygens (including phenoxy) is 1. The van der Waals surface area contributed by atoms with Crippen LogP contribution in [0.1, 0.15) is 59.4 Å². The summed E-state index contributed by atoms with van der Waals surface area (Å²) in [6.45, 7) is 11.4. The Bertz CT molecular complexity index is 1280. The quantitative estimate of drug-likeness (QED) is 0.423. The normalized spacial score (nSPS) is 21.2. The number of allylic oxidation sites excluding steroid dienone is 9. The molecular formula is C30H34ClFN2O. The second-order valence-corrected chi connectivity index (χ2v) is 10.6. The van der Waals surface area contributed by atoms with Gasteiger partial charge in [0.25, 0.3) is 0 Å². The van der Waals surface area contributed by atoms with Gasteiger partial charge in [-0.3, -0.25) is 4.98 Å². The Morgan fingerprint density at radius 3 is 2.80 bits per heavy atom. The molecule has 1 aromatic carbocycles. The summed E-state index contributed by atoms with van der Waals surface area (Å²) in [5.74, 6) is -0.457. The van der Waals surface area contributed by atoms with Gasteiger partial charge < -0.3 is 10.1 Å². The summed E-state index contributed by atoms with van der Waals surface area (Å²) in [7, 11) is 0. The van der Waals surface area contributed by atoms with Gasteiger partial charge in [-0.2, -0.15) is 0 Å². The molecule has 4 rings (SSSR count). The number of hydrogen-bond acceptors (Lipinski definition) is 3. The van der Waals surface area contributed by atoms with E-state index < -0.39 is 5.82 Å². The highest BCUT2D eigenvalue weighted by Crippen LogP contribution is 2.40. The van der Waals surface area contributed by atoms with Crippen molar-refractivity contribution >= 4 is 28.2 Å². The number of hydrogen-bond donors (Lipinski definition) is 1. The van der Waals surface area contributed by atoms with Gasteiger partial charge in [-0.05, 0) is 69.2 Å². The molecule has 3 nitrogen and oxygen atoms in total. The van der Waals surface area contributed by atoms with E-state index in [1.54, 1.807) is 12.3 Å². The van der Waals surface area contributed by atoms with Gasteiger partial charge in [0, 0.05) is 10.9 Å². The molecule has 0 saturated carbocycles. The molecule has 1 aliphatic heterocycles. The van der Waals surface area contributed by atoms with Crippen LogP contribution in [0.3, 0.4) is 0 Å². The third kappa shape index (κ3) is 5.76. The summed E-state index contributed by atoms with van der Waals surface area (Å²) < 4.78 is 20.6. The van der Waals surface area contributed by atoms with E-state index in [-0.39, 0.29) is 23.3 Å². The largest absolute Gasteiger partial charge is 0.355 e. The summed E-state index contributed by atoms with van der Waals surface area (Å²) in [6.07, 6.45) is 17.9. The molecule has 1 aromatic heterocycles. The molecule has 0 spiro atoms. The van der Waals surface area contributed by atoms with E-state index >= 15 is 0 Å². The van der Waals surface area contributed by atoms with E-state index in [1.165, 1.54) is 42.0 Å². The first-order valence-electron chi connectivity index (χ1n) is 12.2. The molecule has 0 radical (unpaired) electrons. The molecule has 0 saturated heterocycles. The Hall–Kier alpha value is -2.69. The van der Waals surface area contributed by atoms with E-state index in [1.807, 2.05) is 13.0 Å². The SMILES string of the molecule is CC(C=CC1=C(C)CCCC1(C)C)=CC=CC(C)=CC1Nc2cnc3ccc(Cl)c(F)c3c2CO1. The minimum atomic E-state index is -0.457. The minimum Gasteiger partial charge on any atom is -0.355 e.